The highest BCUT2D eigenvalue weighted by molar-refractivity contribution is 6.22. The number of nitrogens with zero attached hydrogens (tertiary/aromatic N) is 1. The lowest BCUT2D eigenvalue weighted by Crippen LogP contribution is -2.26. The van der Waals surface area contributed by atoms with E-state index in [0.29, 0.717) is 0 Å². The molecule has 11 aromatic carbocycles. The standard InChI is InChI=1S/C65H39NO2/c1-2-15-40(16-3-1)41-29-31-43(32-30-41)66(44-33-35-50-49-21-8-12-27-58(49)65(59(50)38-44)56-25-10-6-19-47(56)48-20-7-11-26-57(48)65)45-34-36-52-55-37-42-17-4-5-18-46(42)62(64(55)68-61(52)39-45)54-24-14-23-53-51-22-9-13-28-60(51)67-63(53)54/h1-39H. The van der Waals surface area contributed by atoms with Gasteiger partial charge >= 0.3 is 0 Å². The van der Waals surface area contributed by atoms with E-state index in [9.17, 15) is 0 Å². The first kappa shape index (κ1) is 37.3. The summed E-state index contributed by atoms with van der Waals surface area (Å²) < 4.78 is 13.9. The van der Waals surface area contributed by atoms with Crippen molar-refractivity contribution in [2.75, 3.05) is 4.90 Å². The van der Waals surface area contributed by atoms with Gasteiger partial charge in [-0.3, -0.25) is 0 Å². The average Bonchev–Trinajstić information content (AvgIpc) is 4.14. The van der Waals surface area contributed by atoms with Gasteiger partial charge in [-0.2, -0.15) is 0 Å². The minimum absolute atomic E-state index is 0.470. The summed E-state index contributed by atoms with van der Waals surface area (Å²) in [6.07, 6.45) is 0. The Balaban J connectivity index is 0.966. The van der Waals surface area contributed by atoms with Crippen LogP contribution < -0.4 is 4.90 Å². The van der Waals surface area contributed by atoms with Crippen LogP contribution in [0.1, 0.15) is 22.3 Å². The van der Waals surface area contributed by atoms with Crippen molar-refractivity contribution in [1.29, 1.82) is 0 Å². The van der Waals surface area contributed by atoms with Crippen LogP contribution in [0.4, 0.5) is 17.1 Å². The van der Waals surface area contributed by atoms with Crippen molar-refractivity contribution in [1.82, 2.24) is 0 Å². The Morgan fingerprint density at radius 1 is 0.294 bits per heavy atom. The molecule has 2 aliphatic rings. The van der Waals surface area contributed by atoms with E-state index >= 15 is 0 Å². The molecule has 2 aliphatic carbocycles. The van der Waals surface area contributed by atoms with E-state index in [-0.39, 0.29) is 0 Å². The van der Waals surface area contributed by atoms with Crippen LogP contribution in [0.2, 0.25) is 0 Å². The van der Waals surface area contributed by atoms with E-state index < -0.39 is 5.41 Å². The Bertz CT molecular complexity index is 4150. The van der Waals surface area contributed by atoms with Crippen LogP contribution in [0, 0.1) is 0 Å². The summed E-state index contributed by atoms with van der Waals surface area (Å²) in [5, 5.41) is 6.61. The molecule has 2 aromatic heterocycles. The highest BCUT2D eigenvalue weighted by Crippen LogP contribution is 2.63. The van der Waals surface area contributed by atoms with Crippen molar-refractivity contribution < 1.29 is 8.83 Å². The third-order valence-electron chi connectivity index (χ3n) is 14.9. The molecule has 316 valence electrons. The van der Waals surface area contributed by atoms with Gasteiger partial charge in [0.1, 0.15) is 22.3 Å². The Hall–Kier alpha value is -8.92. The van der Waals surface area contributed by atoms with Crippen LogP contribution in [0.3, 0.4) is 0 Å². The fraction of sp³-hybridized carbons (Fsp3) is 0.0154. The Morgan fingerprint density at radius 2 is 0.824 bits per heavy atom. The Morgan fingerprint density at radius 3 is 1.57 bits per heavy atom. The largest absolute Gasteiger partial charge is 0.455 e. The molecular weight excluding hydrogens is 827 g/mol. The van der Waals surface area contributed by atoms with Gasteiger partial charge in [-0.1, -0.05) is 182 Å². The zero-order valence-electron chi connectivity index (χ0n) is 36.8. The third kappa shape index (κ3) is 5.07. The van der Waals surface area contributed by atoms with E-state index in [4.69, 9.17) is 8.83 Å². The molecule has 0 atom stereocenters. The number of rotatable bonds is 5. The molecule has 13 aromatic rings. The molecule has 0 saturated heterocycles. The van der Waals surface area contributed by atoms with Gasteiger partial charge in [-0.25, -0.2) is 0 Å². The first-order valence-electron chi connectivity index (χ1n) is 23.4. The van der Waals surface area contributed by atoms with Crippen molar-refractivity contribution >= 4 is 71.7 Å². The topological polar surface area (TPSA) is 29.5 Å². The van der Waals surface area contributed by atoms with E-state index in [1.165, 1.54) is 55.6 Å². The SMILES string of the molecule is c1ccc(-c2ccc(N(c3ccc4c(c3)C3(c5ccccc5-c5ccccc53)c3ccccc3-4)c3ccc4c(c3)oc3c(-c5cccc6c5oc5ccccc56)c5ccccc5cc34)cc2)cc1. The third-order valence-corrected chi connectivity index (χ3v) is 14.9. The Kier molecular flexibility index (Phi) is 7.71. The lowest BCUT2D eigenvalue weighted by molar-refractivity contribution is 0.665. The molecule has 1 spiro atoms. The van der Waals surface area contributed by atoms with Gasteiger partial charge in [-0.15, -0.1) is 0 Å². The summed E-state index contributed by atoms with van der Waals surface area (Å²) in [6.45, 7) is 0. The number of anilines is 3. The van der Waals surface area contributed by atoms with Gasteiger partial charge in [0.25, 0.3) is 0 Å². The molecule has 3 heteroatoms. The van der Waals surface area contributed by atoms with Gasteiger partial charge in [0.15, 0.2) is 0 Å². The number of hydrogen-bond acceptors (Lipinski definition) is 3. The first-order valence-corrected chi connectivity index (χ1v) is 23.4. The van der Waals surface area contributed by atoms with Crippen LogP contribution in [0.15, 0.2) is 245 Å². The monoisotopic (exact) mass is 865 g/mol. The summed E-state index contributed by atoms with van der Waals surface area (Å²) in [5.74, 6) is 0. The van der Waals surface area contributed by atoms with Crippen molar-refractivity contribution in [2.24, 2.45) is 0 Å². The fourth-order valence-corrected chi connectivity index (χ4v) is 12.0. The van der Waals surface area contributed by atoms with Gasteiger partial charge < -0.3 is 13.7 Å². The van der Waals surface area contributed by atoms with Gasteiger partial charge in [-0.05, 0) is 115 Å². The van der Waals surface area contributed by atoms with Crippen LogP contribution in [-0.4, -0.2) is 0 Å². The molecule has 0 saturated carbocycles. The average molecular weight is 866 g/mol. The molecule has 0 bridgehead atoms. The molecule has 0 N–H and O–H groups in total. The predicted octanol–water partition coefficient (Wildman–Crippen LogP) is 17.8. The Labute approximate surface area is 392 Å². The minimum atomic E-state index is -0.470. The normalized spacial score (nSPS) is 13.1. The van der Waals surface area contributed by atoms with E-state index in [2.05, 4.69) is 229 Å². The summed E-state index contributed by atoms with van der Waals surface area (Å²) in [4.78, 5) is 2.40. The number of para-hydroxylation sites is 2. The van der Waals surface area contributed by atoms with Crippen LogP contribution in [0.5, 0.6) is 0 Å². The molecular formula is C65H39NO2. The van der Waals surface area contributed by atoms with Gasteiger partial charge in [0.05, 0.1) is 5.41 Å². The lowest BCUT2D eigenvalue weighted by Gasteiger charge is -2.32. The minimum Gasteiger partial charge on any atom is -0.455 e. The first-order chi connectivity index (χ1) is 33.7. The zero-order valence-corrected chi connectivity index (χ0v) is 36.8. The summed E-state index contributed by atoms with van der Waals surface area (Å²) >= 11 is 0. The van der Waals surface area contributed by atoms with Crippen molar-refractivity contribution in [2.45, 2.75) is 5.41 Å². The number of furan rings is 2. The maximum absolute atomic E-state index is 7.21. The molecule has 2 heterocycles. The molecule has 0 unspecified atom stereocenters. The predicted molar refractivity (Wildman–Crippen MR) is 280 cm³/mol. The van der Waals surface area contributed by atoms with E-state index in [1.54, 1.807) is 0 Å². The fourth-order valence-electron chi connectivity index (χ4n) is 12.0. The highest BCUT2D eigenvalue weighted by Gasteiger charge is 2.51. The van der Waals surface area contributed by atoms with Gasteiger partial charge in [0, 0.05) is 55.8 Å². The van der Waals surface area contributed by atoms with Crippen molar-refractivity contribution in [3.05, 3.63) is 259 Å². The smallest absolute Gasteiger partial charge is 0.144 e. The van der Waals surface area contributed by atoms with Crippen molar-refractivity contribution in [3.8, 4) is 44.5 Å². The molecule has 68 heavy (non-hydrogen) atoms. The second-order valence-corrected chi connectivity index (χ2v) is 18.3. The summed E-state index contributed by atoms with van der Waals surface area (Å²) in [7, 11) is 0. The second-order valence-electron chi connectivity index (χ2n) is 18.3. The second kappa shape index (κ2) is 14.0. The van der Waals surface area contributed by atoms with E-state index in [0.717, 1.165) is 82.8 Å². The van der Waals surface area contributed by atoms with E-state index in [1.807, 2.05) is 12.1 Å². The van der Waals surface area contributed by atoms with Crippen LogP contribution >= 0.6 is 0 Å². The zero-order chi connectivity index (χ0) is 44.5. The van der Waals surface area contributed by atoms with Crippen LogP contribution in [0.25, 0.3) is 99.2 Å². The molecule has 0 fully saturated rings. The number of fused-ring (bicyclic) bond motifs is 17. The highest BCUT2D eigenvalue weighted by atomic mass is 16.3. The number of hydrogen-bond donors (Lipinski definition) is 0. The van der Waals surface area contributed by atoms with Gasteiger partial charge in [0.2, 0.25) is 0 Å². The maximum atomic E-state index is 7.21. The number of benzene rings is 11. The molecule has 3 nitrogen and oxygen atoms in total. The molecule has 0 aliphatic heterocycles. The van der Waals surface area contributed by atoms with Crippen LogP contribution in [-0.2, 0) is 5.41 Å². The lowest BCUT2D eigenvalue weighted by atomic mass is 9.70. The molecule has 0 amide bonds. The summed E-state index contributed by atoms with van der Waals surface area (Å²) in [5.41, 5.74) is 20.9. The quantitative estimate of drug-likeness (QED) is 0.173. The van der Waals surface area contributed by atoms with Crippen molar-refractivity contribution in [3.63, 3.8) is 0 Å². The molecule has 15 rings (SSSR count). The molecule has 0 radical (unpaired) electrons. The maximum Gasteiger partial charge on any atom is 0.144 e. The summed E-state index contributed by atoms with van der Waals surface area (Å²) in [6, 6.07) is 86.1.